The Morgan fingerprint density at radius 3 is 2.53 bits per heavy atom. The standard InChI is InChI=1S/C27H28N4O4S/c1-3-4-5-6-9-18-12-14-19(15-13-18)22-17-36-27(28-22)29-23(32)16-35-26(34)24-20-10-7-8-11-21(20)25(33)31(2)30-24/h7-8,10-15,17H,3-6,9,16H2,1-2H3,(H,28,29,32). The fourth-order valence-electron chi connectivity index (χ4n) is 3.87. The van der Waals surface area contributed by atoms with Gasteiger partial charge in [-0.3, -0.25) is 14.9 Å². The fourth-order valence-corrected chi connectivity index (χ4v) is 4.60. The van der Waals surface area contributed by atoms with Gasteiger partial charge in [0.25, 0.3) is 11.5 Å². The fraction of sp³-hybridized carbons (Fsp3) is 0.296. The number of nitrogens with zero attached hydrogens (tertiary/aromatic N) is 3. The zero-order valence-corrected chi connectivity index (χ0v) is 21.1. The van der Waals surface area contributed by atoms with Gasteiger partial charge in [-0.2, -0.15) is 5.10 Å². The van der Waals surface area contributed by atoms with E-state index in [2.05, 4.69) is 34.5 Å². The van der Waals surface area contributed by atoms with Gasteiger partial charge >= 0.3 is 5.97 Å². The quantitative estimate of drug-likeness (QED) is 0.241. The summed E-state index contributed by atoms with van der Waals surface area (Å²) in [6, 6.07) is 15.0. The Hall–Kier alpha value is -3.85. The van der Waals surface area contributed by atoms with E-state index >= 15 is 0 Å². The average molecular weight is 505 g/mol. The number of ether oxygens (including phenoxy) is 1. The molecule has 8 nitrogen and oxygen atoms in total. The number of aromatic nitrogens is 3. The van der Waals surface area contributed by atoms with E-state index in [1.54, 1.807) is 24.3 Å². The summed E-state index contributed by atoms with van der Waals surface area (Å²) < 4.78 is 6.24. The van der Waals surface area contributed by atoms with Crippen molar-refractivity contribution in [3.8, 4) is 11.3 Å². The van der Waals surface area contributed by atoms with Gasteiger partial charge < -0.3 is 4.74 Å². The minimum atomic E-state index is -0.786. The molecule has 36 heavy (non-hydrogen) atoms. The van der Waals surface area contributed by atoms with Gasteiger partial charge in [0.05, 0.1) is 11.1 Å². The second-order valence-electron chi connectivity index (χ2n) is 8.49. The zero-order valence-electron chi connectivity index (χ0n) is 20.3. The van der Waals surface area contributed by atoms with E-state index in [9.17, 15) is 14.4 Å². The van der Waals surface area contributed by atoms with Crippen LogP contribution in [0.1, 0.15) is 48.7 Å². The number of fused-ring (bicyclic) bond motifs is 1. The van der Waals surface area contributed by atoms with Gasteiger partial charge in [0.15, 0.2) is 17.4 Å². The Labute approximate surface area is 213 Å². The number of esters is 1. The summed E-state index contributed by atoms with van der Waals surface area (Å²) in [5.41, 5.74) is 2.71. The van der Waals surface area contributed by atoms with Gasteiger partial charge in [-0.25, -0.2) is 14.5 Å². The summed E-state index contributed by atoms with van der Waals surface area (Å²) in [7, 11) is 1.46. The summed E-state index contributed by atoms with van der Waals surface area (Å²) in [5, 5.41) is 9.70. The molecule has 1 N–H and O–H groups in total. The second kappa shape index (κ2) is 11.7. The normalized spacial score (nSPS) is 10.9. The molecule has 4 rings (SSSR count). The van der Waals surface area contributed by atoms with Crippen LogP contribution in [-0.4, -0.2) is 33.2 Å². The molecule has 0 fully saturated rings. The molecule has 0 aliphatic heterocycles. The Bertz CT molecular complexity index is 1430. The first kappa shape index (κ1) is 25.2. The van der Waals surface area contributed by atoms with E-state index in [-0.39, 0.29) is 11.3 Å². The molecule has 0 saturated heterocycles. The summed E-state index contributed by atoms with van der Waals surface area (Å²) in [4.78, 5) is 41.7. The van der Waals surface area contributed by atoms with Crippen LogP contribution < -0.4 is 10.9 Å². The highest BCUT2D eigenvalue weighted by atomic mass is 32.1. The third-order valence-electron chi connectivity index (χ3n) is 5.80. The molecular formula is C27H28N4O4S. The maximum Gasteiger partial charge on any atom is 0.359 e. The number of anilines is 1. The number of carbonyl (C=O) groups is 2. The van der Waals surface area contributed by atoms with E-state index in [1.165, 1.54) is 49.6 Å². The first-order valence-electron chi connectivity index (χ1n) is 11.9. The van der Waals surface area contributed by atoms with E-state index in [1.807, 2.05) is 17.5 Å². The van der Waals surface area contributed by atoms with Crippen LogP contribution in [0.3, 0.4) is 0 Å². The lowest BCUT2D eigenvalue weighted by Crippen LogP contribution is -2.26. The van der Waals surface area contributed by atoms with Crippen molar-refractivity contribution >= 4 is 39.1 Å². The summed E-state index contributed by atoms with van der Waals surface area (Å²) >= 11 is 1.30. The number of unbranched alkanes of at least 4 members (excludes halogenated alkanes) is 3. The molecule has 2 aromatic carbocycles. The number of thiazole rings is 1. The number of rotatable bonds is 10. The summed E-state index contributed by atoms with van der Waals surface area (Å²) in [6.45, 7) is 1.71. The van der Waals surface area contributed by atoms with Crippen molar-refractivity contribution in [2.45, 2.75) is 39.0 Å². The second-order valence-corrected chi connectivity index (χ2v) is 9.35. The number of hydrogen-bond acceptors (Lipinski definition) is 7. The minimum absolute atomic E-state index is 0.0224. The van der Waals surface area contributed by atoms with Crippen molar-refractivity contribution in [2.24, 2.45) is 7.05 Å². The average Bonchev–Trinajstić information content (AvgIpc) is 3.36. The number of amides is 1. The highest BCUT2D eigenvalue weighted by Crippen LogP contribution is 2.25. The van der Waals surface area contributed by atoms with E-state index in [0.717, 1.165) is 22.4 Å². The molecule has 186 valence electrons. The van der Waals surface area contributed by atoms with Gasteiger partial charge in [-0.1, -0.05) is 68.7 Å². The molecule has 2 aromatic heterocycles. The smallest absolute Gasteiger partial charge is 0.359 e. The van der Waals surface area contributed by atoms with Crippen LogP contribution in [0.15, 0.2) is 58.7 Å². The first-order valence-corrected chi connectivity index (χ1v) is 12.8. The first-order chi connectivity index (χ1) is 17.5. The Kier molecular flexibility index (Phi) is 8.22. The monoisotopic (exact) mass is 504 g/mol. The van der Waals surface area contributed by atoms with Crippen molar-refractivity contribution in [1.82, 2.24) is 14.8 Å². The van der Waals surface area contributed by atoms with E-state index in [0.29, 0.717) is 15.9 Å². The predicted octanol–water partition coefficient (Wildman–Crippen LogP) is 4.98. The molecular weight excluding hydrogens is 476 g/mol. The number of carbonyl (C=O) groups excluding carboxylic acids is 2. The van der Waals surface area contributed by atoms with Crippen molar-refractivity contribution in [3.05, 3.63) is 75.5 Å². The van der Waals surface area contributed by atoms with Gasteiger partial charge in [0.2, 0.25) is 0 Å². The van der Waals surface area contributed by atoms with Crippen LogP contribution >= 0.6 is 11.3 Å². The molecule has 0 unspecified atom stereocenters. The highest BCUT2D eigenvalue weighted by molar-refractivity contribution is 7.14. The molecule has 0 bridgehead atoms. The Morgan fingerprint density at radius 1 is 1.03 bits per heavy atom. The summed E-state index contributed by atoms with van der Waals surface area (Å²) in [5.74, 6) is -1.30. The van der Waals surface area contributed by atoms with Crippen LogP contribution in [-0.2, 0) is 23.0 Å². The van der Waals surface area contributed by atoms with E-state index in [4.69, 9.17) is 4.74 Å². The summed E-state index contributed by atoms with van der Waals surface area (Å²) in [6.07, 6.45) is 6.02. The number of nitrogens with one attached hydrogen (secondary N) is 1. The molecule has 2 heterocycles. The van der Waals surface area contributed by atoms with Crippen LogP contribution in [0.4, 0.5) is 5.13 Å². The van der Waals surface area contributed by atoms with Crippen LogP contribution in [0, 0.1) is 0 Å². The van der Waals surface area contributed by atoms with Gasteiger partial charge in [0.1, 0.15) is 0 Å². The number of hydrogen-bond donors (Lipinski definition) is 1. The zero-order chi connectivity index (χ0) is 25.5. The molecule has 0 saturated carbocycles. The van der Waals surface area contributed by atoms with Gasteiger partial charge in [-0.05, 0) is 24.5 Å². The van der Waals surface area contributed by atoms with Crippen molar-refractivity contribution < 1.29 is 14.3 Å². The number of aryl methyl sites for hydroxylation is 2. The third-order valence-corrected chi connectivity index (χ3v) is 6.56. The largest absolute Gasteiger partial charge is 0.451 e. The molecule has 1 amide bonds. The van der Waals surface area contributed by atoms with Crippen LogP contribution in [0.25, 0.3) is 22.0 Å². The SMILES string of the molecule is CCCCCCc1ccc(-c2csc(NC(=O)COC(=O)c3nn(C)c(=O)c4ccccc34)n2)cc1. The third kappa shape index (κ3) is 6.04. The molecule has 0 aliphatic rings. The molecule has 9 heteroatoms. The number of benzene rings is 2. The lowest BCUT2D eigenvalue weighted by molar-refractivity contribution is -0.119. The van der Waals surface area contributed by atoms with Gasteiger partial charge in [-0.15, -0.1) is 11.3 Å². The molecule has 0 atom stereocenters. The van der Waals surface area contributed by atoms with Crippen molar-refractivity contribution in [2.75, 3.05) is 11.9 Å². The van der Waals surface area contributed by atoms with E-state index < -0.39 is 18.5 Å². The predicted molar refractivity (Wildman–Crippen MR) is 141 cm³/mol. The maximum atomic E-state index is 12.6. The Balaban J connectivity index is 1.33. The van der Waals surface area contributed by atoms with Crippen molar-refractivity contribution in [3.63, 3.8) is 0 Å². The molecule has 0 spiro atoms. The lowest BCUT2D eigenvalue weighted by Gasteiger charge is -2.08. The lowest BCUT2D eigenvalue weighted by atomic mass is 10.0. The van der Waals surface area contributed by atoms with Crippen LogP contribution in [0.5, 0.6) is 0 Å². The van der Waals surface area contributed by atoms with Crippen molar-refractivity contribution in [1.29, 1.82) is 0 Å². The Morgan fingerprint density at radius 2 is 1.78 bits per heavy atom. The molecule has 0 radical (unpaired) electrons. The molecule has 4 aromatic rings. The van der Waals surface area contributed by atoms with Gasteiger partial charge in [0, 0.05) is 23.4 Å². The topological polar surface area (TPSA) is 103 Å². The highest BCUT2D eigenvalue weighted by Gasteiger charge is 2.18. The maximum absolute atomic E-state index is 12.6. The minimum Gasteiger partial charge on any atom is -0.451 e. The molecule has 0 aliphatic carbocycles. The van der Waals surface area contributed by atoms with Crippen LogP contribution in [0.2, 0.25) is 0 Å².